The predicted octanol–water partition coefficient (Wildman–Crippen LogP) is 3.65. The third-order valence-corrected chi connectivity index (χ3v) is 6.59. The maximum atomic E-state index is 13.0. The largest absolute Gasteiger partial charge is 0.493 e. The first-order chi connectivity index (χ1) is 12.5. The lowest BCUT2D eigenvalue weighted by Gasteiger charge is -2.55. The highest BCUT2D eigenvalue weighted by Gasteiger charge is 2.54. The summed E-state index contributed by atoms with van der Waals surface area (Å²) in [5.41, 5.74) is 0.0400. The van der Waals surface area contributed by atoms with Crippen LogP contribution in [0.1, 0.15) is 48.9 Å². The van der Waals surface area contributed by atoms with Crippen LogP contribution < -0.4 is 9.47 Å². The van der Waals surface area contributed by atoms with Crippen LogP contribution in [0.25, 0.3) is 0 Å². The van der Waals surface area contributed by atoms with Crippen molar-refractivity contribution >= 4 is 11.8 Å². The van der Waals surface area contributed by atoms with E-state index in [4.69, 9.17) is 14.2 Å². The fourth-order valence-corrected chi connectivity index (χ4v) is 5.86. The normalized spacial score (nSPS) is 31.5. The van der Waals surface area contributed by atoms with Gasteiger partial charge in [-0.25, -0.2) is 4.79 Å². The lowest BCUT2D eigenvalue weighted by molar-refractivity contribution is -0.147. The van der Waals surface area contributed by atoms with Crippen LogP contribution in [0.3, 0.4) is 0 Å². The number of Topliss-reactive ketones (excluding diaryl/α,β-unsaturated/α-hetero) is 1. The molecule has 0 amide bonds. The third-order valence-electron chi connectivity index (χ3n) is 6.59. The molecule has 1 aromatic carbocycles. The Labute approximate surface area is 154 Å². The Balaban J connectivity index is 1.45. The van der Waals surface area contributed by atoms with Gasteiger partial charge in [0.1, 0.15) is 5.56 Å². The molecule has 4 fully saturated rings. The van der Waals surface area contributed by atoms with E-state index >= 15 is 0 Å². The van der Waals surface area contributed by atoms with Crippen molar-refractivity contribution in [1.82, 2.24) is 0 Å². The van der Waals surface area contributed by atoms with Crippen LogP contribution in [0, 0.1) is 23.2 Å². The Hall–Kier alpha value is -2.04. The Morgan fingerprint density at radius 1 is 1.00 bits per heavy atom. The molecule has 5 rings (SSSR count). The minimum absolute atomic E-state index is 0.104. The van der Waals surface area contributed by atoms with Gasteiger partial charge in [0.15, 0.2) is 23.9 Å². The second-order valence-electron chi connectivity index (χ2n) is 8.24. The summed E-state index contributed by atoms with van der Waals surface area (Å²) in [6.07, 6.45) is 6.81. The molecule has 0 unspecified atom stereocenters. The lowest BCUT2D eigenvalue weighted by atomic mass is 9.48. The number of benzene rings is 1. The van der Waals surface area contributed by atoms with Crippen LogP contribution in [0.15, 0.2) is 18.2 Å². The summed E-state index contributed by atoms with van der Waals surface area (Å²) in [5.74, 6) is 2.44. The number of ketones is 1. The van der Waals surface area contributed by atoms with Crippen molar-refractivity contribution in [2.24, 2.45) is 23.2 Å². The highest BCUT2D eigenvalue weighted by molar-refractivity contribution is 5.96. The SMILES string of the molecule is COc1cccc(C(=O)OCC(=O)C23CC4CC(CC(C4)C2)C3)c1OC. The van der Waals surface area contributed by atoms with Crippen molar-refractivity contribution in [3.8, 4) is 11.5 Å². The highest BCUT2D eigenvalue weighted by atomic mass is 16.5. The third kappa shape index (κ3) is 2.87. The summed E-state index contributed by atoms with van der Waals surface area (Å²) in [7, 11) is 3.00. The van der Waals surface area contributed by atoms with Gasteiger partial charge in [0.25, 0.3) is 0 Å². The molecule has 0 heterocycles. The Morgan fingerprint density at radius 3 is 2.15 bits per heavy atom. The van der Waals surface area contributed by atoms with Crippen molar-refractivity contribution in [3.05, 3.63) is 23.8 Å². The number of esters is 1. The van der Waals surface area contributed by atoms with Gasteiger partial charge in [-0.1, -0.05) is 6.07 Å². The molecule has 0 aliphatic heterocycles. The van der Waals surface area contributed by atoms with Crippen molar-refractivity contribution in [3.63, 3.8) is 0 Å². The second-order valence-corrected chi connectivity index (χ2v) is 8.24. The molecule has 140 valence electrons. The molecule has 0 atom stereocenters. The fraction of sp³-hybridized carbons (Fsp3) is 0.619. The predicted molar refractivity (Wildman–Crippen MR) is 95.4 cm³/mol. The molecule has 1 aromatic rings. The zero-order valence-electron chi connectivity index (χ0n) is 15.5. The quantitative estimate of drug-likeness (QED) is 0.727. The van der Waals surface area contributed by atoms with Crippen molar-refractivity contribution in [1.29, 1.82) is 0 Å². The topological polar surface area (TPSA) is 61.8 Å². The van der Waals surface area contributed by atoms with Crippen LogP contribution >= 0.6 is 0 Å². The number of para-hydroxylation sites is 1. The molecule has 5 heteroatoms. The van der Waals surface area contributed by atoms with Gasteiger partial charge in [-0.2, -0.15) is 0 Å². The van der Waals surface area contributed by atoms with Crippen molar-refractivity contribution in [2.45, 2.75) is 38.5 Å². The molecule has 4 bridgehead atoms. The van der Waals surface area contributed by atoms with Crippen molar-refractivity contribution < 1.29 is 23.8 Å². The first-order valence-corrected chi connectivity index (χ1v) is 9.46. The van der Waals surface area contributed by atoms with E-state index < -0.39 is 5.97 Å². The molecule has 0 saturated heterocycles. The summed E-state index contributed by atoms with van der Waals surface area (Å²) >= 11 is 0. The van der Waals surface area contributed by atoms with Gasteiger partial charge in [0.2, 0.25) is 0 Å². The van der Waals surface area contributed by atoms with Crippen LogP contribution in [0.4, 0.5) is 0 Å². The number of carbonyl (C=O) groups excluding carboxylic acids is 2. The molecule has 4 aliphatic carbocycles. The summed E-state index contributed by atoms with van der Waals surface area (Å²) in [6.45, 7) is -0.147. The second kappa shape index (κ2) is 6.60. The van der Waals surface area contributed by atoms with Gasteiger partial charge in [-0.15, -0.1) is 0 Å². The summed E-state index contributed by atoms with van der Waals surface area (Å²) in [4.78, 5) is 25.5. The molecular formula is C21H26O5. The first-order valence-electron chi connectivity index (χ1n) is 9.46. The maximum Gasteiger partial charge on any atom is 0.342 e. The van der Waals surface area contributed by atoms with E-state index in [0.29, 0.717) is 29.3 Å². The Kier molecular flexibility index (Phi) is 4.41. The van der Waals surface area contributed by atoms with E-state index in [0.717, 1.165) is 19.3 Å². The monoisotopic (exact) mass is 358 g/mol. The van der Waals surface area contributed by atoms with Gasteiger partial charge >= 0.3 is 5.97 Å². The van der Waals surface area contributed by atoms with E-state index in [1.165, 1.54) is 33.5 Å². The first kappa shape index (κ1) is 17.4. The molecule has 0 N–H and O–H groups in total. The maximum absolute atomic E-state index is 13.0. The van der Waals surface area contributed by atoms with E-state index in [9.17, 15) is 9.59 Å². The zero-order valence-corrected chi connectivity index (χ0v) is 15.5. The van der Waals surface area contributed by atoms with E-state index in [-0.39, 0.29) is 23.4 Å². The summed E-state index contributed by atoms with van der Waals surface area (Å²) in [5, 5.41) is 0. The standard InChI is InChI=1S/C21H26O5/c1-24-17-5-3-4-16(19(17)25-2)20(23)26-12-18(22)21-9-13-6-14(10-21)8-15(7-13)11-21/h3-5,13-15H,6-12H2,1-2H3. The smallest absolute Gasteiger partial charge is 0.342 e. The van der Waals surface area contributed by atoms with Gasteiger partial charge in [0, 0.05) is 5.41 Å². The average Bonchev–Trinajstić information content (AvgIpc) is 2.63. The van der Waals surface area contributed by atoms with E-state index in [2.05, 4.69) is 0 Å². The van der Waals surface area contributed by atoms with Crippen LogP contribution in [0.5, 0.6) is 11.5 Å². The number of hydrogen-bond donors (Lipinski definition) is 0. The molecule has 26 heavy (non-hydrogen) atoms. The Bertz CT molecular complexity index is 688. The Morgan fingerprint density at radius 2 is 1.62 bits per heavy atom. The van der Waals surface area contributed by atoms with Gasteiger partial charge < -0.3 is 14.2 Å². The number of rotatable bonds is 6. The molecule has 4 aliphatic rings. The molecule has 0 spiro atoms. The van der Waals surface area contributed by atoms with Crippen molar-refractivity contribution in [2.75, 3.05) is 20.8 Å². The number of ether oxygens (including phenoxy) is 3. The van der Waals surface area contributed by atoms with Gasteiger partial charge in [-0.05, 0) is 68.4 Å². The minimum Gasteiger partial charge on any atom is -0.493 e. The van der Waals surface area contributed by atoms with Crippen LogP contribution in [0.2, 0.25) is 0 Å². The molecule has 0 aromatic heterocycles. The minimum atomic E-state index is -0.543. The number of hydrogen-bond acceptors (Lipinski definition) is 5. The molecule has 4 saturated carbocycles. The van der Waals surface area contributed by atoms with E-state index in [1.54, 1.807) is 18.2 Å². The molecular weight excluding hydrogens is 332 g/mol. The lowest BCUT2D eigenvalue weighted by Crippen LogP contribution is -2.51. The zero-order chi connectivity index (χ0) is 18.3. The van der Waals surface area contributed by atoms with E-state index in [1.807, 2.05) is 0 Å². The average molecular weight is 358 g/mol. The molecule has 0 radical (unpaired) electrons. The number of methoxy groups -OCH3 is 2. The summed E-state index contributed by atoms with van der Waals surface area (Å²) < 4.78 is 15.9. The highest BCUT2D eigenvalue weighted by Crippen LogP contribution is 2.60. The van der Waals surface area contributed by atoms with Gasteiger partial charge in [-0.3, -0.25) is 4.79 Å². The fourth-order valence-electron chi connectivity index (χ4n) is 5.86. The number of carbonyl (C=O) groups is 2. The molecule has 5 nitrogen and oxygen atoms in total. The summed E-state index contributed by atoms with van der Waals surface area (Å²) in [6, 6.07) is 5.05. The van der Waals surface area contributed by atoms with Gasteiger partial charge in [0.05, 0.1) is 14.2 Å². The van der Waals surface area contributed by atoms with Crippen LogP contribution in [-0.2, 0) is 9.53 Å². The van der Waals surface area contributed by atoms with Crippen LogP contribution in [-0.4, -0.2) is 32.6 Å².